The zero-order valence-electron chi connectivity index (χ0n) is 30.3. The number of hydrogen-bond donors (Lipinski definition) is 0. The molecule has 5 heteroatoms. The summed E-state index contributed by atoms with van der Waals surface area (Å²) in [7, 11) is 0. The van der Waals surface area contributed by atoms with Crippen molar-refractivity contribution >= 4 is 33.2 Å². The molecule has 0 aliphatic carbocycles. The fraction of sp³-hybridized carbons (Fsp3) is 0.196. The smallest absolute Gasteiger partial charge is 0.137 e. The van der Waals surface area contributed by atoms with Gasteiger partial charge in [-0.15, -0.1) is 0 Å². The normalized spacial score (nSPS) is 13.6. The van der Waals surface area contributed by atoms with Crippen molar-refractivity contribution < 1.29 is 4.74 Å². The molecule has 0 radical (unpaired) electrons. The van der Waals surface area contributed by atoms with Crippen LogP contribution >= 0.6 is 0 Å². The molecule has 254 valence electrons. The van der Waals surface area contributed by atoms with E-state index in [2.05, 4.69) is 190 Å². The van der Waals surface area contributed by atoms with Crippen molar-refractivity contribution in [3.63, 3.8) is 0 Å². The number of ether oxygens (including phenoxy) is 1. The molecule has 8 rings (SSSR count). The van der Waals surface area contributed by atoms with Gasteiger partial charge in [-0.2, -0.15) is 0 Å². The van der Waals surface area contributed by atoms with Gasteiger partial charge in [0.2, 0.25) is 0 Å². The Morgan fingerprint density at radius 2 is 1.27 bits per heavy atom. The van der Waals surface area contributed by atoms with E-state index in [1.807, 2.05) is 12.3 Å². The van der Waals surface area contributed by atoms with Crippen LogP contribution in [0.15, 0.2) is 152 Å². The van der Waals surface area contributed by atoms with Crippen LogP contribution in [0.2, 0.25) is 0 Å². The molecule has 7 aromatic rings. The number of fused-ring (bicyclic) bond motifs is 3. The topological polar surface area (TPSA) is 33.5 Å². The average Bonchev–Trinajstić information content (AvgIpc) is 3.73. The summed E-state index contributed by atoms with van der Waals surface area (Å²) in [6, 6.07) is 47.1. The summed E-state index contributed by atoms with van der Waals surface area (Å²) in [6.45, 7) is 14.3. The first-order valence-electron chi connectivity index (χ1n) is 17.7. The standard InChI is InChI=1S/C46H44N4O/c1-45(2,3)34-24-25-47-44(27-34)50-41-21-11-10-20-39(41)40-23-22-38(29-42(40)50)51-37-19-13-17-35(28-37)48-30-43(46(4,5)6)49(31-48)36-18-12-16-33(26-36)32-14-8-7-9-15-32/h7-30H,31H2,1-6H3. The van der Waals surface area contributed by atoms with Crippen molar-refractivity contribution in [1.29, 1.82) is 0 Å². The molecule has 0 bridgehead atoms. The van der Waals surface area contributed by atoms with Gasteiger partial charge in [0.25, 0.3) is 0 Å². The third-order valence-electron chi connectivity index (χ3n) is 9.77. The second-order valence-corrected chi connectivity index (χ2v) is 15.5. The van der Waals surface area contributed by atoms with Gasteiger partial charge < -0.3 is 14.5 Å². The molecule has 0 atom stereocenters. The van der Waals surface area contributed by atoms with Crippen molar-refractivity contribution in [1.82, 2.24) is 9.55 Å². The zero-order chi connectivity index (χ0) is 35.3. The highest BCUT2D eigenvalue weighted by Gasteiger charge is 2.31. The Morgan fingerprint density at radius 1 is 0.569 bits per heavy atom. The van der Waals surface area contributed by atoms with Crippen LogP contribution in [-0.2, 0) is 5.41 Å². The lowest BCUT2D eigenvalue weighted by molar-refractivity contribution is 0.483. The van der Waals surface area contributed by atoms with E-state index < -0.39 is 0 Å². The van der Waals surface area contributed by atoms with Gasteiger partial charge in [0.15, 0.2) is 0 Å². The number of allylic oxidation sites excluding steroid dienone is 1. The fourth-order valence-corrected chi connectivity index (χ4v) is 7.08. The maximum Gasteiger partial charge on any atom is 0.137 e. The summed E-state index contributed by atoms with van der Waals surface area (Å²) >= 11 is 0. The number of para-hydroxylation sites is 1. The van der Waals surface area contributed by atoms with E-state index in [0.29, 0.717) is 6.67 Å². The summed E-state index contributed by atoms with van der Waals surface area (Å²) in [6.07, 6.45) is 4.21. The maximum absolute atomic E-state index is 6.63. The number of hydrogen-bond acceptors (Lipinski definition) is 4. The number of rotatable bonds is 6. The highest BCUT2D eigenvalue weighted by atomic mass is 16.5. The SMILES string of the molecule is CC(C)(C)C1=CN(c2cccc(Oc3ccc4c5ccccc5n(-c5cc(C(C)(C)C)ccn5)c4c3)c2)CN1c1cccc(-c2ccccc2)c1. The summed E-state index contributed by atoms with van der Waals surface area (Å²) in [5, 5.41) is 2.36. The lowest BCUT2D eigenvalue weighted by Crippen LogP contribution is -2.30. The van der Waals surface area contributed by atoms with Crippen LogP contribution in [0.3, 0.4) is 0 Å². The Kier molecular flexibility index (Phi) is 7.94. The molecule has 5 nitrogen and oxygen atoms in total. The fourth-order valence-electron chi connectivity index (χ4n) is 7.08. The molecule has 0 fully saturated rings. The van der Waals surface area contributed by atoms with Gasteiger partial charge in [0.1, 0.15) is 17.3 Å². The molecule has 1 aliphatic rings. The largest absolute Gasteiger partial charge is 0.457 e. The van der Waals surface area contributed by atoms with Crippen molar-refractivity contribution in [2.45, 2.75) is 47.0 Å². The third kappa shape index (κ3) is 6.25. The molecule has 0 N–H and O–H groups in total. The van der Waals surface area contributed by atoms with Crippen LogP contribution in [0.25, 0.3) is 38.8 Å². The predicted octanol–water partition coefficient (Wildman–Crippen LogP) is 12.1. The van der Waals surface area contributed by atoms with Crippen molar-refractivity contribution in [3.05, 3.63) is 157 Å². The molecule has 0 saturated heterocycles. The molecular weight excluding hydrogens is 625 g/mol. The highest BCUT2D eigenvalue weighted by Crippen LogP contribution is 2.40. The molecule has 0 spiro atoms. The second-order valence-electron chi connectivity index (χ2n) is 15.5. The van der Waals surface area contributed by atoms with Crippen LogP contribution in [0.1, 0.15) is 47.1 Å². The molecule has 3 heterocycles. The Bertz CT molecular complexity index is 2410. The summed E-state index contributed by atoms with van der Waals surface area (Å²) in [5.41, 5.74) is 9.34. The number of benzene rings is 5. The Hall–Kier alpha value is -5.81. The van der Waals surface area contributed by atoms with Crippen molar-refractivity contribution in [2.24, 2.45) is 5.41 Å². The minimum Gasteiger partial charge on any atom is -0.457 e. The van der Waals surface area contributed by atoms with Crippen molar-refractivity contribution in [3.8, 4) is 28.4 Å². The first-order valence-corrected chi connectivity index (χ1v) is 17.7. The van der Waals surface area contributed by atoms with E-state index in [1.165, 1.54) is 38.8 Å². The molecule has 5 aromatic carbocycles. The van der Waals surface area contributed by atoms with E-state index in [1.54, 1.807) is 0 Å². The van der Waals surface area contributed by atoms with E-state index in [-0.39, 0.29) is 10.8 Å². The number of pyridine rings is 1. The second kappa shape index (κ2) is 12.5. The van der Waals surface area contributed by atoms with Crippen LogP contribution in [0.5, 0.6) is 11.5 Å². The molecule has 0 amide bonds. The minimum atomic E-state index is -0.0548. The maximum atomic E-state index is 6.63. The molecule has 51 heavy (non-hydrogen) atoms. The predicted molar refractivity (Wildman–Crippen MR) is 213 cm³/mol. The Morgan fingerprint density at radius 3 is 2.08 bits per heavy atom. The first-order chi connectivity index (χ1) is 24.5. The molecular formula is C46H44N4O. The highest BCUT2D eigenvalue weighted by molar-refractivity contribution is 6.09. The molecule has 0 saturated carbocycles. The van der Waals surface area contributed by atoms with E-state index >= 15 is 0 Å². The first kappa shape index (κ1) is 32.4. The lowest BCUT2D eigenvalue weighted by atomic mass is 9.88. The van der Waals surface area contributed by atoms with Gasteiger partial charge >= 0.3 is 0 Å². The quantitative estimate of drug-likeness (QED) is 0.177. The van der Waals surface area contributed by atoms with Gasteiger partial charge in [-0.1, -0.05) is 108 Å². The van der Waals surface area contributed by atoms with Gasteiger partial charge in [0, 0.05) is 57.8 Å². The van der Waals surface area contributed by atoms with Crippen LogP contribution in [0.4, 0.5) is 11.4 Å². The average molecular weight is 669 g/mol. The third-order valence-corrected chi connectivity index (χ3v) is 9.77. The lowest BCUT2D eigenvalue weighted by Gasteiger charge is -2.31. The van der Waals surface area contributed by atoms with Gasteiger partial charge in [-0.3, -0.25) is 4.57 Å². The van der Waals surface area contributed by atoms with Crippen molar-refractivity contribution in [2.75, 3.05) is 16.5 Å². The van der Waals surface area contributed by atoms with Crippen LogP contribution in [0, 0.1) is 5.41 Å². The van der Waals surface area contributed by atoms with Gasteiger partial charge in [-0.05, 0) is 76.7 Å². The molecule has 1 aliphatic heterocycles. The minimum absolute atomic E-state index is 0.0111. The number of aromatic nitrogens is 2. The van der Waals surface area contributed by atoms with Gasteiger partial charge in [0.05, 0.1) is 17.7 Å². The van der Waals surface area contributed by atoms with E-state index in [9.17, 15) is 0 Å². The summed E-state index contributed by atoms with van der Waals surface area (Å²) < 4.78 is 8.88. The van der Waals surface area contributed by atoms with Gasteiger partial charge in [-0.25, -0.2) is 4.98 Å². The monoisotopic (exact) mass is 668 g/mol. The number of nitrogens with zero attached hydrogens (tertiary/aromatic N) is 4. The summed E-state index contributed by atoms with van der Waals surface area (Å²) in [5.74, 6) is 2.47. The van der Waals surface area contributed by atoms with E-state index in [0.717, 1.165) is 34.0 Å². The van der Waals surface area contributed by atoms with Crippen LogP contribution < -0.4 is 14.5 Å². The molecule has 0 unspecified atom stereocenters. The van der Waals surface area contributed by atoms with E-state index in [4.69, 9.17) is 9.72 Å². The van der Waals surface area contributed by atoms with Crippen LogP contribution in [-0.4, -0.2) is 16.2 Å². The Labute approximate surface area is 301 Å². The Balaban J connectivity index is 1.12. The molecule has 2 aromatic heterocycles. The number of anilines is 2. The zero-order valence-corrected chi connectivity index (χ0v) is 30.3. The summed E-state index contributed by atoms with van der Waals surface area (Å²) in [4.78, 5) is 9.59.